The van der Waals surface area contributed by atoms with Crippen LogP contribution in [-0.4, -0.2) is 49.7 Å². The van der Waals surface area contributed by atoms with Crippen LogP contribution in [0.4, 0.5) is 5.69 Å². The van der Waals surface area contributed by atoms with Crippen LogP contribution in [0.2, 0.25) is 0 Å². The smallest absolute Gasteiger partial charge is 0.253 e. The molecule has 1 fully saturated rings. The van der Waals surface area contributed by atoms with Crippen molar-refractivity contribution in [2.75, 3.05) is 31.9 Å². The lowest BCUT2D eigenvalue weighted by molar-refractivity contribution is 0.0698. The van der Waals surface area contributed by atoms with Crippen molar-refractivity contribution in [1.29, 1.82) is 0 Å². The van der Waals surface area contributed by atoms with E-state index in [-0.39, 0.29) is 23.9 Å². The van der Waals surface area contributed by atoms with Gasteiger partial charge in [-0.1, -0.05) is 18.2 Å². The summed E-state index contributed by atoms with van der Waals surface area (Å²) in [4.78, 5) is 14.3. The molecule has 1 saturated heterocycles. The molecule has 0 bridgehead atoms. The number of carbonyl (C=O) groups is 1. The van der Waals surface area contributed by atoms with Crippen LogP contribution in [0.1, 0.15) is 10.4 Å². The standard InChI is InChI=1S/C17H19N3O3S/c18-15-6-8-16(9-7-15)24(22,23)20-12-10-19(11-13-20)17(21)14-4-2-1-3-5-14/h1-9H,10-13,18H2. The summed E-state index contributed by atoms with van der Waals surface area (Å²) in [7, 11) is -3.55. The number of rotatable bonds is 3. The third-order valence-electron chi connectivity index (χ3n) is 4.06. The molecule has 0 atom stereocenters. The van der Waals surface area contributed by atoms with E-state index in [9.17, 15) is 13.2 Å². The van der Waals surface area contributed by atoms with Crippen LogP contribution >= 0.6 is 0 Å². The van der Waals surface area contributed by atoms with E-state index in [0.29, 0.717) is 24.3 Å². The predicted octanol–water partition coefficient (Wildman–Crippen LogP) is 1.42. The van der Waals surface area contributed by atoms with Crippen LogP contribution in [-0.2, 0) is 10.0 Å². The number of amides is 1. The maximum atomic E-state index is 12.6. The highest BCUT2D eigenvalue weighted by Crippen LogP contribution is 2.19. The molecule has 0 spiro atoms. The molecule has 0 radical (unpaired) electrons. The largest absolute Gasteiger partial charge is 0.399 e. The fourth-order valence-corrected chi connectivity index (χ4v) is 4.11. The molecule has 0 aliphatic carbocycles. The van der Waals surface area contributed by atoms with Gasteiger partial charge >= 0.3 is 0 Å². The van der Waals surface area contributed by atoms with E-state index in [1.807, 2.05) is 18.2 Å². The number of benzene rings is 2. The summed E-state index contributed by atoms with van der Waals surface area (Å²) in [5, 5.41) is 0. The molecule has 24 heavy (non-hydrogen) atoms. The van der Waals surface area contributed by atoms with E-state index >= 15 is 0 Å². The number of piperazine rings is 1. The van der Waals surface area contributed by atoms with Gasteiger partial charge in [-0.3, -0.25) is 4.79 Å². The van der Waals surface area contributed by atoms with Gasteiger partial charge in [-0.15, -0.1) is 0 Å². The summed E-state index contributed by atoms with van der Waals surface area (Å²) < 4.78 is 26.7. The first-order valence-corrected chi connectivity index (χ1v) is 9.12. The van der Waals surface area contributed by atoms with Crippen LogP contribution in [0.3, 0.4) is 0 Å². The lowest BCUT2D eigenvalue weighted by atomic mass is 10.2. The zero-order chi connectivity index (χ0) is 17.2. The molecule has 1 heterocycles. The fraction of sp³-hybridized carbons (Fsp3) is 0.235. The van der Waals surface area contributed by atoms with Gasteiger partial charge in [-0.05, 0) is 36.4 Å². The van der Waals surface area contributed by atoms with Gasteiger partial charge in [-0.2, -0.15) is 4.31 Å². The topological polar surface area (TPSA) is 83.7 Å². The summed E-state index contributed by atoms with van der Waals surface area (Å²) in [5.74, 6) is -0.0693. The highest BCUT2D eigenvalue weighted by atomic mass is 32.2. The molecule has 1 aliphatic heterocycles. The quantitative estimate of drug-likeness (QED) is 0.853. The number of hydrogen-bond donors (Lipinski definition) is 1. The Bertz CT molecular complexity index is 812. The summed E-state index contributed by atoms with van der Waals surface area (Å²) >= 11 is 0. The molecule has 126 valence electrons. The minimum absolute atomic E-state index is 0.0693. The molecule has 6 nitrogen and oxygen atoms in total. The Labute approximate surface area is 141 Å². The van der Waals surface area contributed by atoms with Gasteiger partial charge in [0.15, 0.2) is 0 Å². The Morgan fingerprint density at radius 3 is 2.04 bits per heavy atom. The number of nitrogen functional groups attached to an aromatic ring is 1. The van der Waals surface area contributed by atoms with E-state index in [2.05, 4.69) is 0 Å². The summed E-state index contributed by atoms with van der Waals surface area (Å²) in [6.45, 7) is 1.32. The second-order valence-corrected chi connectivity index (χ2v) is 7.57. The third kappa shape index (κ3) is 3.27. The average Bonchev–Trinajstić information content (AvgIpc) is 2.62. The minimum Gasteiger partial charge on any atom is -0.399 e. The van der Waals surface area contributed by atoms with Crippen molar-refractivity contribution in [3.63, 3.8) is 0 Å². The second kappa shape index (κ2) is 6.62. The molecule has 0 saturated carbocycles. The highest BCUT2D eigenvalue weighted by Gasteiger charge is 2.30. The first kappa shape index (κ1) is 16.5. The van der Waals surface area contributed by atoms with Crippen LogP contribution in [0.5, 0.6) is 0 Å². The number of sulfonamides is 1. The van der Waals surface area contributed by atoms with Gasteiger partial charge in [0, 0.05) is 37.4 Å². The van der Waals surface area contributed by atoms with Crippen molar-refractivity contribution < 1.29 is 13.2 Å². The van der Waals surface area contributed by atoms with Gasteiger partial charge < -0.3 is 10.6 Å². The first-order valence-electron chi connectivity index (χ1n) is 7.68. The van der Waals surface area contributed by atoms with Crippen LogP contribution in [0.15, 0.2) is 59.5 Å². The number of anilines is 1. The van der Waals surface area contributed by atoms with Crippen molar-refractivity contribution in [2.45, 2.75) is 4.90 Å². The van der Waals surface area contributed by atoms with Gasteiger partial charge in [0.2, 0.25) is 10.0 Å². The number of carbonyl (C=O) groups excluding carboxylic acids is 1. The maximum absolute atomic E-state index is 12.6. The Hall–Kier alpha value is -2.38. The minimum atomic E-state index is -3.55. The van der Waals surface area contributed by atoms with Crippen molar-refractivity contribution in [1.82, 2.24) is 9.21 Å². The molecule has 1 aliphatic rings. The van der Waals surface area contributed by atoms with Crippen molar-refractivity contribution in [2.24, 2.45) is 0 Å². The lowest BCUT2D eigenvalue weighted by Crippen LogP contribution is -2.50. The molecular weight excluding hydrogens is 326 g/mol. The van der Waals surface area contributed by atoms with Gasteiger partial charge in [-0.25, -0.2) is 8.42 Å². The van der Waals surface area contributed by atoms with E-state index < -0.39 is 10.0 Å². The summed E-state index contributed by atoms with van der Waals surface area (Å²) in [5.41, 5.74) is 6.74. The maximum Gasteiger partial charge on any atom is 0.253 e. The predicted molar refractivity (Wildman–Crippen MR) is 92.0 cm³/mol. The van der Waals surface area contributed by atoms with Gasteiger partial charge in [0.1, 0.15) is 0 Å². The average molecular weight is 345 g/mol. The molecule has 2 N–H and O–H groups in total. The fourth-order valence-electron chi connectivity index (χ4n) is 2.68. The zero-order valence-electron chi connectivity index (χ0n) is 13.1. The number of hydrogen-bond acceptors (Lipinski definition) is 4. The van der Waals surface area contributed by atoms with Crippen LogP contribution < -0.4 is 5.73 Å². The van der Waals surface area contributed by atoms with E-state index in [1.54, 1.807) is 29.2 Å². The molecular formula is C17H19N3O3S. The summed E-state index contributed by atoms with van der Waals surface area (Å²) in [6.07, 6.45) is 0. The molecule has 3 rings (SSSR count). The van der Waals surface area contributed by atoms with E-state index in [4.69, 9.17) is 5.73 Å². The van der Waals surface area contributed by atoms with Gasteiger partial charge in [0.25, 0.3) is 5.91 Å². The third-order valence-corrected chi connectivity index (χ3v) is 5.98. The Balaban J connectivity index is 1.68. The van der Waals surface area contributed by atoms with E-state index in [0.717, 1.165) is 0 Å². The molecule has 0 unspecified atom stereocenters. The molecule has 0 aromatic heterocycles. The molecule has 1 amide bonds. The number of nitrogens with zero attached hydrogens (tertiary/aromatic N) is 2. The van der Waals surface area contributed by atoms with Gasteiger partial charge in [0.05, 0.1) is 4.90 Å². The second-order valence-electron chi connectivity index (χ2n) is 5.63. The Morgan fingerprint density at radius 2 is 1.46 bits per heavy atom. The molecule has 2 aromatic rings. The van der Waals surface area contributed by atoms with Crippen LogP contribution in [0.25, 0.3) is 0 Å². The SMILES string of the molecule is Nc1ccc(S(=O)(=O)N2CCN(C(=O)c3ccccc3)CC2)cc1. The monoisotopic (exact) mass is 345 g/mol. The molecule has 7 heteroatoms. The molecule has 2 aromatic carbocycles. The van der Waals surface area contributed by atoms with E-state index in [1.165, 1.54) is 16.4 Å². The highest BCUT2D eigenvalue weighted by molar-refractivity contribution is 7.89. The lowest BCUT2D eigenvalue weighted by Gasteiger charge is -2.34. The summed E-state index contributed by atoms with van der Waals surface area (Å²) in [6, 6.07) is 15.2. The number of nitrogens with two attached hydrogens (primary N) is 1. The van der Waals surface area contributed by atoms with Crippen molar-refractivity contribution in [3.05, 3.63) is 60.2 Å². The van der Waals surface area contributed by atoms with Crippen molar-refractivity contribution >= 4 is 21.6 Å². The Kier molecular flexibility index (Phi) is 4.55. The zero-order valence-corrected chi connectivity index (χ0v) is 13.9. The normalized spacial score (nSPS) is 16.1. The van der Waals surface area contributed by atoms with Crippen molar-refractivity contribution in [3.8, 4) is 0 Å². The Morgan fingerprint density at radius 1 is 0.875 bits per heavy atom. The van der Waals surface area contributed by atoms with Crippen LogP contribution in [0, 0.1) is 0 Å². The first-order chi connectivity index (χ1) is 11.5.